The number of carboxylic acids is 4. The van der Waals surface area contributed by atoms with Gasteiger partial charge in [0.2, 0.25) is 0 Å². The number of hydrogen-bond acceptors (Lipinski definition) is 6. The van der Waals surface area contributed by atoms with Gasteiger partial charge in [0.05, 0.1) is 40.5 Å². The van der Waals surface area contributed by atoms with Crippen LogP contribution in [0.15, 0.2) is 48.5 Å². The van der Waals surface area contributed by atoms with Crippen molar-refractivity contribution in [3.05, 3.63) is 76.3 Å². The van der Waals surface area contributed by atoms with Gasteiger partial charge in [0.25, 0.3) is 0 Å². The summed E-state index contributed by atoms with van der Waals surface area (Å²) in [5.74, 6) is -6.39. The summed E-state index contributed by atoms with van der Waals surface area (Å²) in [4.78, 5) is 47.8. The van der Waals surface area contributed by atoms with Gasteiger partial charge in [0.1, 0.15) is 5.75 Å². The van der Waals surface area contributed by atoms with Gasteiger partial charge in [-0.2, -0.15) is 5.26 Å². The lowest BCUT2D eigenvalue weighted by molar-refractivity contribution is 0.0638. The molecule has 0 bridgehead atoms. The van der Waals surface area contributed by atoms with Crippen LogP contribution in [0.2, 0.25) is 0 Å². The van der Waals surface area contributed by atoms with Crippen LogP contribution < -0.4 is 4.74 Å². The standard InChI is InChI=1S/C29H25NO9/c1-2-3-4-5-12-39-19-9-6-16(7-10-19)20-11-8-17(13-18(20)15-30)23-24(28(35)36)21(26(31)32)14-22(27(33)34)25(23)29(37)38/h6-11,13-14H,2-5,12H2,1H3,(H,31,32)(H,33,34)(H,35,36)(H,37,38). The first-order chi connectivity index (χ1) is 18.6. The number of carboxylic acid groups (broad SMARTS) is 4. The molecule has 0 saturated carbocycles. The summed E-state index contributed by atoms with van der Waals surface area (Å²) < 4.78 is 5.74. The van der Waals surface area contributed by atoms with Crippen LogP contribution >= 0.6 is 0 Å². The second-order valence-corrected chi connectivity index (χ2v) is 8.62. The Hall–Kier alpha value is -5.17. The van der Waals surface area contributed by atoms with Gasteiger partial charge in [-0.1, -0.05) is 50.5 Å². The van der Waals surface area contributed by atoms with E-state index in [1.165, 1.54) is 18.2 Å². The average molecular weight is 532 g/mol. The molecular formula is C29H25NO9. The molecule has 0 aliphatic rings. The number of benzene rings is 3. The zero-order valence-corrected chi connectivity index (χ0v) is 20.9. The number of aromatic carboxylic acids is 4. The van der Waals surface area contributed by atoms with Crippen LogP contribution in [0.4, 0.5) is 0 Å². The summed E-state index contributed by atoms with van der Waals surface area (Å²) in [5, 5.41) is 48.6. The summed E-state index contributed by atoms with van der Waals surface area (Å²) >= 11 is 0. The molecule has 0 spiro atoms. The SMILES string of the molecule is CCCCCCOc1ccc(-c2ccc(-c3c(C(=O)O)c(C(=O)O)cc(C(=O)O)c3C(=O)O)cc2C#N)cc1. The van der Waals surface area contributed by atoms with Crippen LogP contribution in [0.1, 0.15) is 79.6 Å². The van der Waals surface area contributed by atoms with Crippen LogP contribution in [0.5, 0.6) is 5.75 Å². The van der Waals surface area contributed by atoms with Crippen LogP contribution in [0.3, 0.4) is 0 Å². The van der Waals surface area contributed by atoms with E-state index in [0.717, 1.165) is 25.7 Å². The van der Waals surface area contributed by atoms with E-state index in [1.54, 1.807) is 24.3 Å². The maximum atomic E-state index is 12.1. The fourth-order valence-electron chi connectivity index (χ4n) is 4.25. The molecule has 0 heterocycles. The Morgan fingerprint density at radius 1 is 0.744 bits per heavy atom. The molecule has 0 unspecified atom stereocenters. The molecule has 0 radical (unpaired) electrons. The van der Waals surface area contributed by atoms with Crippen molar-refractivity contribution in [3.8, 4) is 34.1 Å². The monoisotopic (exact) mass is 531 g/mol. The van der Waals surface area contributed by atoms with Crippen molar-refractivity contribution in [2.24, 2.45) is 0 Å². The molecule has 10 heteroatoms. The molecule has 39 heavy (non-hydrogen) atoms. The Bertz CT molecular complexity index is 1430. The van der Waals surface area contributed by atoms with Crippen molar-refractivity contribution in [3.63, 3.8) is 0 Å². The van der Waals surface area contributed by atoms with Crippen molar-refractivity contribution in [2.45, 2.75) is 32.6 Å². The van der Waals surface area contributed by atoms with Gasteiger partial charge in [-0.05, 0) is 47.4 Å². The van der Waals surface area contributed by atoms with E-state index in [9.17, 15) is 44.9 Å². The number of nitriles is 1. The molecule has 10 nitrogen and oxygen atoms in total. The van der Waals surface area contributed by atoms with Crippen LogP contribution in [-0.2, 0) is 0 Å². The second kappa shape index (κ2) is 12.4. The molecular weight excluding hydrogens is 506 g/mol. The highest BCUT2D eigenvalue weighted by atomic mass is 16.5. The van der Waals surface area contributed by atoms with E-state index in [-0.39, 0.29) is 11.1 Å². The van der Waals surface area contributed by atoms with Gasteiger partial charge in [-0.15, -0.1) is 0 Å². The lowest BCUT2D eigenvalue weighted by Crippen LogP contribution is -2.18. The van der Waals surface area contributed by atoms with Crippen LogP contribution in [-0.4, -0.2) is 50.9 Å². The third-order valence-corrected chi connectivity index (χ3v) is 6.08. The molecule has 0 aliphatic heterocycles. The first-order valence-electron chi connectivity index (χ1n) is 12.0. The van der Waals surface area contributed by atoms with E-state index in [1.807, 2.05) is 6.07 Å². The molecule has 0 aromatic heterocycles. The summed E-state index contributed by atoms with van der Waals surface area (Å²) in [6.07, 6.45) is 4.26. The van der Waals surface area contributed by atoms with E-state index < -0.39 is 51.7 Å². The fraction of sp³-hybridized carbons (Fsp3) is 0.207. The maximum Gasteiger partial charge on any atom is 0.337 e. The van der Waals surface area contributed by atoms with Gasteiger partial charge in [0, 0.05) is 5.56 Å². The van der Waals surface area contributed by atoms with Crippen molar-refractivity contribution in [1.82, 2.24) is 0 Å². The number of hydrogen-bond donors (Lipinski definition) is 4. The highest BCUT2D eigenvalue weighted by molar-refractivity contribution is 6.16. The van der Waals surface area contributed by atoms with Crippen molar-refractivity contribution >= 4 is 23.9 Å². The molecule has 4 N–H and O–H groups in total. The number of unbranched alkanes of at least 4 members (excludes halogenated alkanes) is 3. The minimum Gasteiger partial charge on any atom is -0.494 e. The van der Waals surface area contributed by atoms with Gasteiger partial charge in [0.15, 0.2) is 0 Å². The number of rotatable bonds is 12. The number of ether oxygens (including phenoxy) is 1. The Morgan fingerprint density at radius 3 is 1.79 bits per heavy atom. The molecule has 0 saturated heterocycles. The zero-order valence-electron chi connectivity index (χ0n) is 20.9. The largest absolute Gasteiger partial charge is 0.494 e. The van der Waals surface area contributed by atoms with E-state index in [4.69, 9.17) is 4.74 Å². The summed E-state index contributed by atoms with van der Waals surface area (Å²) in [5.41, 5.74) is -3.25. The fourth-order valence-corrected chi connectivity index (χ4v) is 4.25. The minimum absolute atomic E-state index is 0.0333. The molecule has 0 aliphatic carbocycles. The second-order valence-electron chi connectivity index (χ2n) is 8.62. The molecule has 200 valence electrons. The van der Waals surface area contributed by atoms with Crippen LogP contribution in [0.25, 0.3) is 22.3 Å². The Balaban J connectivity index is 2.13. The third-order valence-electron chi connectivity index (χ3n) is 6.08. The average Bonchev–Trinajstić information content (AvgIpc) is 2.91. The summed E-state index contributed by atoms with van der Waals surface area (Å²) in [6, 6.07) is 13.4. The lowest BCUT2D eigenvalue weighted by Gasteiger charge is -2.17. The Labute approximate surface area is 223 Å². The molecule has 0 amide bonds. The van der Waals surface area contributed by atoms with E-state index >= 15 is 0 Å². The van der Waals surface area contributed by atoms with Gasteiger partial charge in [-0.25, -0.2) is 19.2 Å². The topological polar surface area (TPSA) is 182 Å². The number of nitrogens with zero attached hydrogens (tertiary/aromatic N) is 1. The first-order valence-corrected chi connectivity index (χ1v) is 12.0. The van der Waals surface area contributed by atoms with E-state index in [0.29, 0.717) is 29.5 Å². The highest BCUT2D eigenvalue weighted by Crippen LogP contribution is 2.36. The quantitative estimate of drug-likeness (QED) is 0.213. The first kappa shape index (κ1) is 28.4. The molecule has 0 atom stereocenters. The maximum absolute atomic E-state index is 12.1. The lowest BCUT2D eigenvalue weighted by atomic mass is 9.85. The normalized spacial score (nSPS) is 10.5. The predicted octanol–water partition coefficient (Wildman–Crippen LogP) is 5.64. The Morgan fingerprint density at radius 2 is 1.31 bits per heavy atom. The van der Waals surface area contributed by atoms with Gasteiger partial charge < -0.3 is 25.2 Å². The van der Waals surface area contributed by atoms with Gasteiger partial charge >= 0.3 is 23.9 Å². The highest BCUT2D eigenvalue weighted by Gasteiger charge is 2.32. The zero-order chi connectivity index (χ0) is 28.7. The molecule has 3 rings (SSSR count). The van der Waals surface area contributed by atoms with Gasteiger partial charge in [-0.3, -0.25) is 0 Å². The number of carbonyl (C=O) groups is 4. The third kappa shape index (κ3) is 6.22. The van der Waals surface area contributed by atoms with Crippen LogP contribution in [0, 0.1) is 11.3 Å². The van der Waals surface area contributed by atoms with Crippen molar-refractivity contribution in [2.75, 3.05) is 6.61 Å². The smallest absolute Gasteiger partial charge is 0.337 e. The van der Waals surface area contributed by atoms with Crippen molar-refractivity contribution in [1.29, 1.82) is 5.26 Å². The molecule has 3 aromatic rings. The minimum atomic E-state index is -1.77. The van der Waals surface area contributed by atoms with Crippen molar-refractivity contribution < 1.29 is 44.3 Å². The molecule has 3 aromatic carbocycles. The predicted molar refractivity (Wildman–Crippen MR) is 140 cm³/mol. The van der Waals surface area contributed by atoms with E-state index in [2.05, 4.69) is 6.92 Å². The Kier molecular flexibility index (Phi) is 9.02. The molecule has 0 fully saturated rings. The summed E-state index contributed by atoms with van der Waals surface area (Å²) in [6.45, 7) is 2.70. The summed E-state index contributed by atoms with van der Waals surface area (Å²) in [7, 11) is 0.